The third-order valence-electron chi connectivity index (χ3n) is 3.31. The summed E-state index contributed by atoms with van der Waals surface area (Å²) < 4.78 is 5.13. The van der Waals surface area contributed by atoms with Crippen LogP contribution in [0.3, 0.4) is 0 Å². The van der Waals surface area contributed by atoms with Crippen molar-refractivity contribution >= 4 is 0 Å². The van der Waals surface area contributed by atoms with Crippen molar-refractivity contribution in [2.24, 2.45) is 11.3 Å². The summed E-state index contributed by atoms with van der Waals surface area (Å²) in [5.74, 6) is 0.900. The van der Waals surface area contributed by atoms with E-state index in [-0.39, 0.29) is 12.0 Å². The highest BCUT2D eigenvalue weighted by Crippen LogP contribution is 2.27. The first kappa shape index (κ1) is 9.44. The molecule has 0 spiro atoms. The van der Waals surface area contributed by atoms with E-state index in [1.54, 1.807) is 0 Å². The van der Waals surface area contributed by atoms with Crippen molar-refractivity contribution in [1.29, 1.82) is 0 Å². The zero-order valence-electron chi connectivity index (χ0n) is 8.09. The molecular formula is C10H19NO2. The van der Waals surface area contributed by atoms with E-state index in [1.165, 1.54) is 19.3 Å². The predicted octanol–water partition coefficient (Wildman–Crippen LogP) is 0.385. The molecule has 0 bridgehead atoms. The Morgan fingerprint density at radius 3 is 2.54 bits per heavy atom. The van der Waals surface area contributed by atoms with Crippen LogP contribution in [0.1, 0.15) is 19.3 Å². The van der Waals surface area contributed by atoms with Gasteiger partial charge in [-0.25, -0.2) is 0 Å². The van der Waals surface area contributed by atoms with Crippen LogP contribution in [-0.2, 0) is 4.74 Å². The summed E-state index contributed by atoms with van der Waals surface area (Å²) in [6.07, 6.45) is 4.17. The fourth-order valence-electron chi connectivity index (χ4n) is 1.88. The average Bonchev–Trinajstić information content (AvgIpc) is 1.99. The third-order valence-corrected chi connectivity index (χ3v) is 3.31. The molecule has 3 nitrogen and oxygen atoms in total. The van der Waals surface area contributed by atoms with Crippen LogP contribution in [0, 0.1) is 11.3 Å². The summed E-state index contributed by atoms with van der Waals surface area (Å²) in [5.41, 5.74) is 0.0454. The molecule has 0 aromatic carbocycles. The lowest BCUT2D eigenvalue weighted by atomic mass is 9.84. The van der Waals surface area contributed by atoms with E-state index < -0.39 is 0 Å². The van der Waals surface area contributed by atoms with Crippen molar-refractivity contribution in [1.82, 2.24) is 5.32 Å². The lowest BCUT2D eigenvalue weighted by Gasteiger charge is -2.40. The molecule has 1 aliphatic carbocycles. The molecule has 2 rings (SSSR count). The van der Waals surface area contributed by atoms with E-state index in [0.29, 0.717) is 0 Å². The van der Waals surface area contributed by atoms with Crippen molar-refractivity contribution in [3.8, 4) is 0 Å². The van der Waals surface area contributed by atoms with Crippen LogP contribution in [0.5, 0.6) is 0 Å². The minimum Gasteiger partial charge on any atom is -0.396 e. The van der Waals surface area contributed by atoms with Crippen molar-refractivity contribution in [3.63, 3.8) is 0 Å². The normalized spacial score (nSPS) is 26.5. The van der Waals surface area contributed by atoms with Gasteiger partial charge in [-0.3, -0.25) is 0 Å². The van der Waals surface area contributed by atoms with Gasteiger partial charge in [0, 0.05) is 6.54 Å². The van der Waals surface area contributed by atoms with E-state index in [2.05, 4.69) is 5.32 Å². The third kappa shape index (κ3) is 2.03. The molecular weight excluding hydrogens is 166 g/mol. The second-order valence-corrected chi connectivity index (χ2v) is 4.58. The van der Waals surface area contributed by atoms with Gasteiger partial charge in [0.15, 0.2) is 0 Å². The van der Waals surface area contributed by atoms with Gasteiger partial charge in [-0.05, 0) is 25.3 Å². The van der Waals surface area contributed by atoms with Gasteiger partial charge in [-0.15, -0.1) is 0 Å². The van der Waals surface area contributed by atoms with Crippen molar-refractivity contribution < 1.29 is 9.84 Å². The highest BCUT2D eigenvalue weighted by atomic mass is 16.5. The second-order valence-electron chi connectivity index (χ2n) is 4.58. The lowest BCUT2D eigenvalue weighted by molar-refractivity contribution is -0.134. The number of ether oxygens (including phenoxy) is 1. The summed E-state index contributed by atoms with van der Waals surface area (Å²) in [7, 11) is 0. The summed E-state index contributed by atoms with van der Waals surface area (Å²) >= 11 is 0. The second kappa shape index (κ2) is 3.95. The molecule has 13 heavy (non-hydrogen) atoms. The summed E-state index contributed by atoms with van der Waals surface area (Å²) in [5, 5.41) is 12.6. The maximum absolute atomic E-state index is 9.15. The van der Waals surface area contributed by atoms with Gasteiger partial charge in [0.25, 0.3) is 0 Å². The first-order valence-electron chi connectivity index (χ1n) is 5.24. The Morgan fingerprint density at radius 1 is 1.38 bits per heavy atom. The lowest BCUT2D eigenvalue weighted by Crippen LogP contribution is -2.52. The van der Waals surface area contributed by atoms with Crippen LogP contribution in [0.15, 0.2) is 0 Å². The number of hydrogen-bond acceptors (Lipinski definition) is 3. The number of aliphatic hydroxyl groups excluding tert-OH is 1. The summed E-state index contributed by atoms with van der Waals surface area (Å²) in [6.45, 7) is 3.74. The van der Waals surface area contributed by atoms with Gasteiger partial charge in [0.1, 0.15) is 0 Å². The van der Waals surface area contributed by atoms with Gasteiger partial charge in [0.05, 0.1) is 25.2 Å². The van der Waals surface area contributed by atoms with Crippen LogP contribution in [0.25, 0.3) is 0 Å². The average molecular weight is 185 g/mol. The molecule has 1 saturated heterocycles. The largest absolute Gasteiger partial charge is 0.396 e. The van der Waals surface area contributed by atoms with E-state index in [0.717, 1.165) is 32.2 Å². The van der Waals surface area contributed by atoms with Gasteiger partial charge in [-0.2, -0.15) is 0 Å². The highest BCUT2D eigenvalue weighted by molar-refractivity contribution is 4.87. The van der Waals surface area contributed by atoms with Gasteiger partial charge < -0.3 is 15.2 Å². The molecule has 2 aliphatic rings. The van der Waals surface area contributed by atoms with Crippen molar-refractivity contribution in [2.45, 2.75) is 19.3 Å². The van der Waals surface area contributed by atoms with Crippen LogP contribution in [0.2, 0.25) is 0 Å². The molecule has 0 aromatic rings. The molecule has 76 valence electrons. The molecule has 0 unspecified atom stereocenters. The van der Waals surface area contributed by atoms with Gasteiger partial charge in [-0.1, -0.05) is 6.42 Å². The molecule has 1 aliphatic heterocycles. The van der Waals surface area contributed by atoms with Crippen LogP contribution < -0.4 is 5.32 Å². The molecule has 2 fully saturated rings. The Labute approximate surface area is 79.5 Å². The smallest absolute Gasteiger partial charge is 0.0579 e. The van der Waals surface area contributed by atoms with E-state index >= 15 is 0 Å². The topological polar surface area (TPSA) is 41.5 Å². The number of aliphatic hydroxyl groups is 1. The van der Waals surface area contributed by atoms with Crippen LogP contribution in [-0.4, -0.2) is 38.0 Å². The molecule has 1 saturated carbocycles. The van der Waals surface area contributed by atoms with E-state index in [1.807, 2.05) is 0 Å². The van der Waals surface area contributed by atoms with Gasteiger partial charge in [0.2, 0.25) is 0 Å². The van der Waals surface area contributed by atoms with Crippen LogP contribution >= 0.6 is 0 Å². The minimum absolute atomic E-state index is 0.0454. The zero-order valence-corrected chi connectivity index (χ0v) is 8.09. The summed E-state index contributed by atoms with van der Waals surface area (Å²) in [6, 6.07) is 0. The maximum Gasteiger partial charge on any atom is 0.0579 e. The molecule has 1 heterocycles. The fraction of sp³-hybridized carbons (Fsp3) is 1.00. The monoisotopic (exact) mass is 185 g/mol. The quantitative estimate of drug-likeness (QED) is 0.651. The van der Waals surface area contributed by atoms with E-state index in [9.17, 15) is 0 Å². The zero-order chi connectivity index (χ0) is 9.15. The van der Waals surface area contributed by atoms with Crippen molar-refractivity contribution in [3.05, 3.63) is 0 Å². The SMILES string of the molecule is OCC1(CNCC2CCC2)COC1. The Kier molecular flexibility index (Phi) is 2.86. The molecule has 3 heteroatoms. The molecule has 0 aromatic heterocycles. The standard InChI is InChI=1S/C10H19NO2/c12-6-10(7-13-8-10)5-11-4-9-2-1-3-9/h9,11-12H,1-8H2. The first-order chi connectivity index (χ1) is 6.35. The molecule has 0 atom stereocenters. The summed E-state index contributed by atoms with van der Waals surface area (Å²) in [4.78, 5) is 0. The van der Waals surface area contributed by atoms with Gasteiger partial charge >= 0.3 is 0 Å². The van der Waals surface area contributed by atoms with E-state index in [4.69, 9.17) is 9.84 Å². The number of rotatable bonds is 5. The number of nitrogens with one attached hydrogen (secondary N) is 1. The molecule has 0 amide bonds. The molecule has 0 radical (unpaired) electrons. The predicted molar refractivity (Wildman–Crippen MR) is 50.5 cm³/mol. The fourth-order valence-corrected chi connectivity index (χ4v) is 1.88. The Morgan fingerprint density at radius 2 is 2.15 bits per heavy atom. The molecule has 2 N–H and O–H groups in total. The first-order valence-corrected chi connectivity index (χ1v) is 5.24. The maximum atomic E-state index is 9.15. The Hall–Kier alpha value is -0.120. The minimum atomic E-state index is 0.0454. The van der Waals surface area contributed by atoms with Crippen molar-refractivity contribution in [2.75, 3.05) is 32.9 Å². The number of hydrogen-bond donors (Lipinski definition) is 2. The van der Waals surface area contributed by atoms with Crippen LogP contribution in [0.4, 0.5) is 0 Å². The highest BCUT2D eigenvalue weighted by Gasteiger charge is 2.37. The Balaban J connectivity index is 1.60. The Bertz CT molecular complexity index is 159.